The molecule has 0 aliphatic carbocycles. The molecule has 5 aromatic rings. The van der Waals surface area contributed by atoms with Crippen LogP contribution in [0.4, 0.5) is 11.4 Å². The number of pyridine rings is 2. The quantitative estimate of drug-likeness (QED) is 0.0744. The Morgan fingerprint density at radius 2 is 0.942 bits per heavy atom. The van der Waals surface area contributed by atoms with E-state index in [0.717, 1.165) is 45.0 Å². The first kappa shape index (κ1) is 60.8. The number of hydrogen-bond acceptors (Lipinski definition) is 14. The number of hydrogen-bond donors (Lipinski definition) is 6. The van der Waals surface area contributed by atoms with Crippen LogP contribution in [-0.2, 0) is 65.4 Å². The van der Waals surface area contributed by atoms with Gasteiger partial charge in [0.05, 0.1) is 37.7 Å². The maximum atomic E-state index is 14.4. The summed E-state index contributed by atoms with van der Waals surface area (Å²) in [6.07, 6.45) is -0.343. The van der Waals surface area contributed by atoms with E-state index in [9.17, 15) is 28.8 Å². The third kappa shape index (κ3) is 14.2. The van der Waals surface area contributed by atoms with Crippen molar-refractivity contribution in [3.8, 4) is 0 Å². The molecule has 0 spiro atoms. The molecule has 4 fully saturated rings. The molecule has 4 amide bonds. The summed E-state index contributed by atoms with van der Waals surface area (Å²) >= 11 is 0. The standard InChI is InChI=1S/C66H86N12O8/c1-43-33-75(39-57(79)77-41-65(3,4)59-53(77)27-49(61(81)71-59)25-45-13-9-7-10-14-45)51(31-67-43)35-73-21-23-85-55(37-73)63(83)69-29-47-17-19-48(20-18-47)30-70-64(84)56-38-74(22-24-86-56)36-52-32-68-44(2)34-76(52)40-58(80)78-42-66(5,6)60-54(78)28-50(62(82)72-60)26-46-15-11-8-12-16-46/h7-20,27-28,43-44,51-52,55-56,67-68H,21-26,29-42H2,1-6H3,(H,69,83)(H,70,84)(H,71,81)(H,72,82)/t43-,44-,51-,52-,55+,56+/m1/s1. The SMILES string of the molecule is C[C@@H]1CN(CC(=O)N2CC(C)(C)c3[nH]c(=O)c(Cc4ccccc4)cc32)[C@@H](CN2CCO[C@H](C(=O)NCc3ccc(CNC(=O)[C@@H]4CN(C[C@H]5CN[C@H](C)CN5CC(=O)N5CC(C)(C)c6[nH]c(=O)c(Cc7ccccc7)cc65)CCO4)cc3)C2)CN1. The summed E-state index contributed by atoms with van der Waals surface area (Å²) in [7, 11) is 0. The molecular formula is C66H86N12O8. The van der Waals surface area contributed by atoms with Gasteiger partial charge in [0.1, 0.15) is 12.2 Å². The number of nitrogens with one attached hydrogen (secondary N) is 6. The van der Waals surface area contributed by atoms with Crippen LogP contribution in [0.2, 0.25) is 0 Å². The summed E-state index contributed by atoms with van der Waals surface area (Å²) in [5.74, 6) is -0.375. The smallest absolute Gasteiger partial charge is 0.251 e. The lowest BCUT2D eigenvalue weighted by Gasteiger charge is -2.43. The number of amides is 4. The number of ether oxygens (including phenoxy) is 2. The second-order valence-electron chi connectivity index (χ2n) is 26.1. The number of morpholine rings is 2. The van der Waals surface area contributed by atoms with E-state index < -0.39 is 23.0 Å². The van der Waals surface area contributed by atoms with Gasteiger partial charge in [0.15, 0.2) is 0 Å². The van der Waals surface area contributed by atoms with Crippen LogP contribution in [0.1, 0.15) is 86.3 Å². The molecule has 6 aliphatic heterocycles. The van der Waals surface area contributed by atoms with Gasteiger partial charge in [-0.2, -0.15) is 0 Å². The van der Waals surface area contributed by atoms with Gasteiger partial charge in [-0.1, -0.05) is 113 Å². The van der Waals surface area contributed by atoms with Crippen molar-refractivity contribution in [1.29, 1.82) is 0 Å². The van der Waals surface area contributed by atoms with E-state index in [-0.39, 0.29) is 72.0 Å². The Labute approximate surface area is 504 Å². The molecule has 4 saturated heterocycles. The number of rotatable bonds is 18. The lowest BCUT2D eigenvalue weighted by molar-refractivity contribution is -0.139. The van der Waals surface area contributed by atoms with E-state index in [1.54, 1.807) is 0 Å². The normalized spacial score (nSPS) is 24.3. The van der Waals surface area contributed by atoms with Gasteiger partial charge in [0.25, 0.3) is 22.9 Å². The molecule has 2 aromatic heterocycles. The molecular weight excluding hydrogens is 1090 g/mol. The van der Waals surface area contributed by atoms with E-state index in [1.165, 1.54) is 0 Å². The lowest BCUT2D eigenvalue weighted by Crippen LogP contribution is -2.62. The molecule has 0 saturated carbocycles. The fourth-order valence-electron chi connectivity index (χ4n) is 13.4. The van der Waals surface area contributed by atoms with Gasteiger partial charge in [-0.3, -0.25) is 48.4 Å². The van der Waals surface area contributed by atoms with Crippen LogP contribution in [0.15, 0.2) is 107 Å². The molecule has 8 heterocycles. The second-order valence-corrected chi connectivity index (χ2v) is 26.1. The van der Waals surface area contributed by atoms with Crippen LogP contribution in [0.5, 0.6) is 0 Å². The predicted molar refractivity (Wildman–Crippen MR) is 332 cm³/mol. The molecule has 20 heteroatoms. The highest BCUT2D eigenvalue weighted by Crippen LogP contribution is 2.40. The number of aromatic nitrogens is 2. The summed E-state index contributed by atoms with van der Waals surface area (Å²) in [6, 6.07) is 31.9. The van der Waals surface area contributed by atoms with Crippen molar-refractivity contribution < 1.29 is 28.7 Å². The molecule has 20 nitrogen and oxygen atoms in total. The van der Waals surface area contributed by atoms with E-state index in [4.69, 9.17) is 9.47 Å². The van der Waals surface area contributed by atoms with Gasteiger partial charge < -0.3 is 50.5 Å². The zero-order chi connectivity index (χ0) is 60.3. The maximum Gasteiger partial charge on any atom is 0.251 e. The summed E-state index contributed by atoms with van der Waals surface area (Å²) in [5.41, 5.74) is 7.22. The van der Waals surface area contributed by atoms with Crippen molar-refractivity contribution in [2.24, 2.45) is 0 Å². The van der Waals surface area contributed by atoms with Crippen molar-refractivity contribution in [3.05, 3.63) is 163 Å². The minimum absolute atomic E-state index is 0.00323. The first-order valence-corrected chi connectivity index (χ1v) is 30.8. The summed E-state index contributed by atoms with van der Waals surface area (Å²) in [4.78, 5) is 102. The van der Waals surface area contributed by atoms with Gasteiger partial charge >= 0.3 is 0 Å². The number of carbonyl (C=O) groups excluding carboxylic acids is 4. The molecule has 6 atom stereocenters. The van der Waals surface area contributed by atoms with Crippen LogP contribution in [0.3, 0.4) is 0 Å². The third-order valence-corrected chi connectivity index (χ3v) is 18.2. The molecule has 0 unspecified atom stereocenters. The topological polar surface area (TPSA) is 220 Å². The van der Waals surface area contributed by atoms with Crippen molar-refractivity contribution in [2.75, 3.05) is 115 Å². The monoisotopic (exact) mass is 1170 g/mol. The highest BCUT2D eigenvalue weighted by molar-refractivity contribution is 5.98. The fraction of sp³-hybridized carbons (Fsp3) is 0.515. The zero-order valence-corrected chi connectivity index (χ0v) is 50.8. The highest BCUT2D eigenvalue weighted by Gasteiger charge is 2.43. The Morgan fingerprint density at radius 1 is 0.547 bits per heavy atom. The number of H-pyrrole nitrogens is 2. The molecule has 3 aromatic carbocycles. The third-order valence-electron chi connectivity index (χ3n) is 18.2. The van der Waals surface area contributed by atoms with Gasteiger partial charge in [-0.05, 0) is 48.2 Å². The number of nitrogens with zero attached hydrogens (tertiary/aromatic N) is 6. The molecule has 86 heavy (non-hydrogen) atoms. The second kappa shape index (κ2) is 26.2. The number of piperazine rings is 2. The lowest BCUT2D eigenvalue weighted by atomic mass is 9.91. The van der Waals surface area contributed by atoms with Crippen molar-refractivity contribution in [3.63, 3.8) is 0 Å². The Bertz CT molecular complexity index is 3130. The number of benzene rings is 3. The molecule has 11 rings (SSSR count). The average Bonchev–Trinajstić information content (AvgIpc) is 2.69. The molecule has 6 aliphatic rings. The van der Waals surface area contributed by atoms with Crippen LogP contribution < -0.4 is 42.2 Å². The Morgan fingerprint density at radius 3 is 1.34 bits per heavy atom. The van der Waals surface area contributed by atoms with Gasteiger partial charge in [0.2, 0.25) is 11.8 Å². The summed E-state index contributed by atoms with van der Waals surface area (Å²) in [5, 5.41) is 13.4. The number of anilines is 2. The van der Waals surface area contributed by atoms with Crippen LogP contribution >= 0.6 is 0 Å². The number of carbonyl (C=O) groups is 4. The molecule has 6 N–H and O–H groups in total. The van der Waals surface area contributed by atoms with Crippen LogP contribution in [-0.4, -0.2) is 194 Å². The predicted octanol–water partition coefficient (Wildman–Crippen LogP) is 2.85. The van der Waals surface area contributed by atoms with Gasteiger partial charge in [-0.25, -0.2) is 0 Å². The van der Waals surface area contributed by atoms with E-state index >= 15 is 0 Å². The minimum Gasteiger partial charge on any atom is -0.366 e. The van der Waals surface area contributed by atoms with Crippen LogP contribution in [0.25, 0.3) is 0 Å². The fourth-order valence-corrected chi connectivity index (χ4v) is 13.4. The first-order chi connectivity index (χ1) is 41.3. The van der Waals surface area contributed by atoms with Crippen molar-refractivity contribution in [2.45, 2.75) is 115 Å². The summed E-state index contributed by atoms with van der Waals surface area (Å²) < 4.78 is 12.0. The van der Waals surface area contributed by atoms with Crippen molar-refractivity contribution >= 4 is 35.0 Å². The Balaban J connectivity index is 0.629. The van der Waals surface area contributed by atoms with E-state index in [2.05, 4.69) is 92.4 Å². The molecule has 458 valence electrons. The Kier molecular flexibility index (Phi) is 18.5. The highest BCUT2D eigenvalue weighted by atomic mass is 16.5. The van der Waals surface area contributed by atoms with E-state index in [1.807, 2.05) is 107 Å². The van der Waals surface area contributed by atoms with Crippen molar-refractivity contribution in [1.82, 2.24) is 50.8 Å². The van der Waals surface area contributed by atoms with Gasteiger partial charge in [-0.15, -0.1) is 0 Å². The molecule has 0 bridgehead atoms. The molecule has 0 radical (unpaired) electrons. The largest absolute Gasteiger partial charge is 0.366 e. The zero-order valence-electron chi connectivity index (χ0n) is 50.8. The summed E-state index contributed by atoms with van der Waals surface area (Å²) in [6.45, 7) is 21.7. The van der Waals surface area contributed by atoms with Gasteiger partial charge in [0, 0.05) is 162 Å². The van der Waals surface area contributed by atoms with E-state index in [0.29, 0.717) is 129 Å². The minimum atomic E-state index is -0.649. The number of aromatic amines is 2. The Hall–Kier alpha value is -6.88. The maximum absolute atomic E-state index is 14.4. The first-order valence-electron chi connectivity index (χ1n) is 30.8. The average molecular weight is 1180 g/mol. The van der Waals surface area contributed by atoms with Crippen LogP contribution in [0, 0.1) is 0 Å². The number of fused-ring (bicyclic) bond motifs is 2.